The lowest BCUT2D eigenvalue weighted by atomic mass is 10.1. The van der Waals surface area contributed by atoms with E-state index in [9.17, 15) is 18.0 Å². The van der Waals surface area contributed by atoms with Crippen LogP contribution in [0, 0.1) is 0 Å². The summed E-state index contributed by atoms with van der Waals surface area (Å²) >= 11 is 0. The van der Waals surface area contributed by atoms with Crippen LogP contribution in [0.4, 0.5) is 13.2 Å². The number of alkyl halides is 3. The summed E-state index contributed by atoms with van der Waals surface area (Å²) in [4.78, 5) is 11.1. The lowest BCUT2D eigenvalue weighted by Crippen LogP contribution is -2.35. The number of carbonyl (C=O) groups is 1. The molecule has 0 radical (unpaired) electrons. The second-order valence-corrected chi connectivity index (χ2v) is 4.44. The summed E-state index contributed by atoms with van der Waals surface area (Å²) in [6.07, 6.45) is -4.87. The quantitative estimate of drug-likeness (QED) is 0.728. The summed E-state index contributed by atoms with van der Waals surface area (Å²) in [5.74, 6) is -2.25. The summed E-state index contributed by atoms with van der Waals surface area (Å²) in [6.45, 7) is 3.51. The minimum Gasteiger partial charge on any atom is -0.463 e. The molecule has 98 valence electrons. The van der Waals surface area contributed by atoms with Crippen LogP contribution in [0.5, 0.6) is 5.75 Å². The van der Waals surface area contributed by atoms with Crippen molar-refractivity contribution in [1.29, 1.82) is 0 Å². The molecule has 1 aliphatic heterocycles. The summed E-state index contributed by atoms with van der Waals surface area (Å²) in [7, 11) is 0. The fraction of sp³-hybridized carbons (Fsp3) is 0.417. The van der Waals surface area contributed by atoms with Gasteiger partial charge in [0.05, 0.1) is 6.61 Å². The maximum atomic E-state index is 12.3. The Morgan fingerprint density at radius 3 is 2.61 bits per heavy atom. The van der Waals surface area contributed by atoms with Crippen LogP contribution in [0.2, 0.25) is 0 Å². The number of carbonyl (C=O) groups excluding carboxylic acids is 1. The van der Waals surface area contributed by atoms with Crippen molar-refractivity contribution in [3.63, 3.8) is 0 Å². The largest absolute Gasteiger partial charge is 0.463 e. The van der Waals surface area contributed by atoms with Gasteiger partial charge in [0.25, 0.3) is 5.78 Å². The van der Waals surface area contributed by atoms with E-state index in [4.69, 9.17) is 9.47 Å². The topological polar surface area (TPSA) is 35.5 Å². The van der Waals surface area contributed by atoms with E-state index in [-0.39, 0.29) is 6.61 Å². The van der Waals surface area contributed by atoms with Gasteiger partial charge in [-0.3, -0.25) is 4.79 Å². The van der Waals surface area contributed by atoms with Crippen molar-refractivity contribution in [2.75, 3.05) is 0 Å². The average molecular weight is 260 g/mol. The number of rotatable bonds is 1. The lowest BCUT2D eigenvalue weighted by Gasteiger charge is -2.32. The van der Waals surface area contributed by atoms with E-state index in [2.05, 4.69) is 0 Å². The molecule has 0 aromatic heterocycles. The summed E-state index contributed by atoms with van der Waals surface area (Å²) < 4.78 is 47.6. The number of hydrogen-bond acceptors (Lipinski definition) is 3. The predicted molar refractivity (Wildman–Crippen MR) is 56.3 cm³/mol. The van der Waals surface area contributed by atoms with Gasteiger partial charge in [-0.15, -0.1) is 0 Å². The van der Waals surface area contributed by atoms with Gasteiger partial charge in [0.15, 0.2) is 0 Å². The summed E-state index contributed by atoms with van der Waals surface area (Å²) in [5, 5.41) is 0. The Morgan fingerprint density at radius 2 is 2.00 bits per heavy atom. The van der Waals surface area contributed by atoms with Gasteiger partial charge in [0.1, 0.15) is 5.75 Å². The molecular formula is C12H11F3O3. The molecule has 1 aliphatic rings. The second kappa shape index (κ2) is 3.98. The van der Waals surface area contributed by atoms with E-state index in [0.29, 0.717) is 11.3 Å². The van der Waals surface area contributed by atoms with Gasteiger partial charge >= 0.3 is 6.18 Å². The minimum atomic E-state index is -4.87. The zero-order valence-electron chi connectivity index (χ0n) is 9.80. The molecule has 0 atom stereocenters. The van der Waals surface area contributed by atoms with Crippen molar-refractivity contribution in [1.82, 2.24) is 0 Å². The van der Waals surface area contributed by atoms with Gasteiger partial charge in [0, 0.05) is 25.0 Å². The summed E-state index contributed by atoms with van der Waals surface area (Å²) in [5.41, 5.74) is 0.0255. The molecule has 0 bridgehead atoms. The van der Waals surface area contributed by atoms with Crippen molar-refractivity contribution in [2.45, 2.75) is 32.4 Å². The highest BCUT2D eigenvalue weighted by Crippen LogP contribution is 2.33. The molecule has 0 amide bonds. The SMILES string of the molecule is CC1(C)OCc2cc(C(=O)C(F)(F)F)ccc2O1. The van der Waals surface area contributed by atoms with E-state index in [1.165, 1.54) is 6.07 Å². The van der Waals surface area contributed by atoms with Crippen LogP contribution in [0.3, 0.4) is 0 Å². The molecule has 0 N–H and O–H groups in total. The van der Waals surface area contributed by atoms with Crippen molar-refractivity contribution in [3.8, 4) is 5.75 Å². The molecule has 1 aromatic rings. The lowest BCUT2D eigenvalue weighted by molar-refractivity contribution is -0.180. The maximum Gasteiger partial charge on any atom is 0.454 e. The average Bonchev–Trinajstić information content (AvgIpc) is 2.25. The Balaban J connectivity index is 2.33. The van der Waals surface area contributed by atoms with Gasteiger partial charge in [-0.1, -0.05) is 0 Å². The predicted octanol–water partition coefficient (Wildman–Crippen LogP) is 3.08. The Bertz CT molecular complexity index is 492. The number of halogens is 3. The first-order chi connectivity index (χ1) is 8.19. The smallest absolute Gasteiger partial charge is 0.454 e. The molecular weight excluding hydrogens is 249 g/mol. The van der Waals surface area contributed by atoms with Crippen molar-refractivity contribution >= 4 is 5.78 Å². The zero-order valence-corrected chi connectivity index (χ0v) is 9.80. The number of Topliss-reactive ketones (excluding diaryl/α,β-unsaturated/α-hetero) is 1. The van der Waals surface area contributed by atoms with E-state index < -0.39 is 23.3 Å². The maximum absolute atomic E-state index is 12.3. The Hall–Kier alpha value is -1.56. The van der Waals surface area contributed by atoms with Crippen molar-refractivity contribution in [3.05, 3.63) is 29.3 Å². The molecule has 18 heavy (non-hydrogen) atoms. The van der Waals surface area contributed by atoms with Gasteiger partial charge in [0.2, 0.25) is 5.79 Å². The van der Waals surface area contributed by atoms with Crippen molar-refractivity contribution in [2.24, 2.45) is 0 Å². The Labute approximate surface area is 102 Å². The number of fused-ring (bicyclic) bond motifs is 1. The monoisotopic (exact) mass is 260 g/mol. The molecule has 0 aliphatic carbocycles. The molecule has 1 heterocycles. The minimum absolute atomic E-state index is 0.112. The highest BCUT2D eigenvalue weighted by Gasteiger charge is 2.39. The standard InChI is InChI=1S/C12H11F3O3/c1-11(2)17-6-8-5-7(3-4-9(8)18-11)10(16)12(13,14)15/h3-5H,6H2,1-2H3. The highest BCUT2D eigenvalue weighted by molar-refractivity contribution is 6.00. The number of ketones is 1. The van der Waals surface area contributed by atoms with Gasteiger partial charge in [-0.25, -0.2) is 0 Å². The third kappa shape index (κ3) is 2.48. The number of ether oxygens (including phenoxy) is 2. The summed E-state index contributed by atoms with van der Waals surface area (Å²) in [6, 6.07) is 3.62. The van der Waals surface area contributed by atoms with Gasteiger partial charge in [-0.05, 0) is 18.2 Å². The highest BCUT2D eigenvalue weighted by atomic mass is 19.4. The normalized spacial score (nSPS) is 17.8. The number of hydrogen-bond donors (Lipinski definition) is 0. The Morgan fingerprint density at radius 1 is 1.33 bits per heavy atom. The second-order valence-electron chi connectivity index (χ2n) is 4.44. The molecule has 0 unspecified atom stereocenters. The zero-order chi connectivity index (χ0) is 13.6. The van der Waals surface area contributed by atoms with E-state index in [0.717, 1.165) is 12.1 Å². The number of benzene rings is 1. The van der Waals surface area contributed by atoms with Crippen LogP contribution < -0.4 is 4.74 Å². The molecule has 0 saturated carbocycles. The van der Waals surface area contributed by atoms with Gasteiger partial charge in [-0.2, -0.15) is 13.2 Å². The van der Waals surface area contributed by atoms with Gasteiger partial charge < -0.3 is 9.47 Å². The third-order valence-electron chi connectivity index (χ3n) is 2.51. The van der Waals surface area contributed by atoms with Crippen LogP contribution in [0.1, 0.15) is 29.8 Å². The van der Waals surface area contributed by atoms with E-state index >= 15 is 0 Å². The fourth-order valence-corrected chi connectivity index (χ4v) is 1.64. The molecule has 0 fully saturated rings. The van der Waals surface area contributed by atoms with Crippen LogP contribution in [-0.2, 0) is 11.3 Å². The fourth-order valence-electron chi connectivity index (χ4n) is 1.64. The Kier molecular flexibility index (Phi) is 2.85. The van der Waals surface area contributed by atoms with Crippen molar-refractivity contribution < 1.29 is 27.4 Å². The van der Waals surface area contributed by atoms with Crippen LogP contribution in [-0.4, -0.2) is 17.7 Å². The van der Waals surface area contributed by atoms with Crippen LogP contribution >= 0.6 is 0 Å². The molecule has 3 nitrogen and oxygen atoms in total. The molecule has 0 spiro atoms. The molecule has 6 heteroatoms. The van der Waals surface area contributed by atoms with E-state index in [1.807, 2.05) is 0 Å². The molecule has 0 saturated heterocycles. The molecule has 1 aromatic carbocycles. The third-order valence-corrected chi connectivity index (χ3v) is 2.51. The van der Waals surface area contributed by atoms with Crippen LogP contribution in [0.25, 0.3) is 0 Å². The first kappa shape index (κ1) is 12.9. The first-order valence-electron chi connectivity index (χ1n) is 5.26. The molecule has 2 rings (SSSR count). The first-order valence-corrected chi connectivity index (χ1v) is 5.26. The van der Waals surface area contributed by atoms with Crippen LogP contribution in [0.15, 0.2) is 18.2 Å². The van der Waals surface area contributed by atoms with E-state index in [1.54, 1.807) is 13.8 Å².